The first-order valence-corrected chi connectivity index (χ1v) is 7.44. The van der Waals surface area contributed by atoms with Crippen molar-refractivity contribution >= 4 is 5.95 Å². The van der Waals surface area contributed by atoms with Crippen molar-refractivity contribution in [1.82, 2.24) is 15.3 Å². The lowest BCUT2D eigenvalue weighted by molar-refractivity contribution is 0.521. The predicted octanol–water partition coefficient (Wildman–Crippen LogP) is 2.60. The first kappa shape index (κ1) is 14.3. The largest absolute Gasteiger partial charge is 0.341 e. The van der Waals surface area contributed by atoms with Gasteiger partial charge in [-0.1, -0.05) is 20.8 Å². The monoisotopic (exact) mass is 262 g/mol. The molecule has 2 rings (SSSR count). The molecular weight excluding hydrogens is 236 g/mol. The molecule has 106 valence electrons. The van der Waals surface area contributed by atoms with Crippen LogP contribution in [0.4, 0.5) is 5.95 Å². The Hall–Kier alpha value is -1.16. The highest BCUT2D eigenvalue weighted by atomic mass is 15.2. The van der Waals surface area contributed by atoms with Crippen LogP contribution in [-0.4, -0.2) is 29.1 Å². The van der Waals surface area contributed by atoms with Gasteiger partial charge in [-0.25, -0.2) is 9.97 Å². The molecule has 0 aromatic carbocycles. The van der Waals surface area contributed by atoms with Gasteiger partial charge in [-0.05, 0) is 25.2 Å². The third-order valence-corrected chi connectivity index (χ3v) is 3.71. The molecule has 0 bridgehead atoms. The van der Waals surface area contributed by atoms with E-state index in [9.17, 15) is 0 Å². The Morgan fingerprint density at radius 3 is 2.68 bits per heavy atom. The average Bonchev–Trinajstić information content (AvgIpc) is 2.62. The number of hydrogen-bond acceptors (Lipinski definition) is 4. The molecule has 1 aliphatic rings. The summed E-state index contributed by atoms with van der Waals surface area (Å²) < 4.78 is 0. The van der Waals surface area contributed by atoms with Crippen molar-refractivity contribution in [2.75, 3.05) is 18.0 Å². The first-order chi connectivity index (χ1) is 9.15. The van der Waals surface area contributed by atoms with Crippen LogP contribution >= 0.6 is 0 Å². The van der Waals surface area contributed by atoms with Crippen molar-refractivity contribution in [3.05, 3.63) is 18.0 Å². The lowest BCUT2D eigenvalue weighted by Gasteiger charge is -2.20. The van der Waals surface area contributed by atoms with Crippen LogP contribution in [0.5, 0.6) is 0 Å². The zero-order chi connectivity index (χ0) is 13.7. The summed E-state index contributed by atoms with van der Waals surface area (Å²) in [7, 11) is 0. The third kappa shape index (κ3) is 4.46. The number of anilines is 1. The Morgan fingerprint density at radius 1 is 1.26 bits per heavy atom. The molecule has 2 heterocycles. The van der Waals surface area contributed by atoms with Gasteiger partial charge < -0.3 is 10.2 Å². The van der Waals surface area contributed by atoms with E-state index in [4.69, 9.17) is 0 Å². The summed E-state index contributed by atoms with van der Waals surface area (Å²) in [5.74, 6) is 1.72. The normalized spacial score (nSPS) is 20.6. The van der Waals surface area contributed by atoms with Gasteiger partial charge in [0.2, 0.25) is 5.95 Å². The molecule has 0 amide bonds. The fourth-order valence-corrected chi connectivity index (χ4v) is 2.39. The van der Waals surface area contributed by atoms with Gasteiger partial charge in [0.05, 0.1) is 0 Å². The molecule has 1 N–H and O–H groups in total. The molecule has 1 aliphatic heterocycles. The lowest BCUT2D eigenvalue weighted by Crippen LogP contribution is -2.26. The van der Waals surface area contributed by atoms with E-state index in [2.05, 4.69) is 41.0 Å². The molecule has 4 heteroatoms. The van der Waals surface area contributed by atoms with Gasteiger partial charge >= 0.3 is 0 Å². The summed E-state index contributed by atoms with van der Waals surface area (Å²) in [5, 5.41) is 3.38. The van der Waals surface area contributed by atoms with Crippen LogP contribution < -0.4 is 10.2 Å². The van der Waals surface area contributed by atoms with E-state index in [0.717, 1.165) is 37.1 Å². The zero-order valence-corrected chi connectivity index (χ0v) is 12.4. The molecule has 1 unspecified atom stereocenters. The second kappa shape index (κ2) is 6.85. The predicted molar refractivity (Wildman–Crippen MR) is 79.2 cm³/mol. The molecule has 0 aliphatic carbocycles. The maximum Gasteiger partial charge on any atom is 0.225 e. The summed E-state index contributed by atoms with van der Waals surface area (Å²) in [5.41, 5.74) is 1.15. The van der Waals surface area contributed by atoms with Gasteiger partial charge in [0.25, 0.3) is 0 Å². The van der Waals surface area contributed by atoms with Crippen LogP contribution in [0, 0.1) is 5.92 Å². The molecule has 0 saturated carbocycles. The number of rotatable bonds is 4. The summed E-state index contributed by atoms with van der Waals surface area (Å²) in [6, 6.07) is 0.492. The van der Waals surface area contributed by atoms with E-state index in [-0.39, 0.29) is 0 Å². The Kier molecular flexibility index (Phi) is 5.14. The smallest absolute Gasteiger partial charge is 0.225 e. The molecule has 4 nitrogen and oxygen atoms in total. The summed E-state index contributed by atoms with van der Waals surface area (Å²) in [6.07, 6.45) is 7.73. The standard InChI is InChI=1S/C15H26N4/c1-12(2)16-9-14-10-17-15(18-11-14)19-7-4-5-13(3)6-8-19/h10-13,16H,4-9H2,1-3H3. The molecule has 1 saturated heterocycles. The second-order valence-corrected chi connectivity index (χ2v) is 5.95. The molecule has 19 heavy (non-hydrogen) atoms. The van der Waals surface area contributed by atoms with Crippen LogP contribution in [0.1, 0.15) is 45.6 Å². The summed E-state index contributed by atoms with van der Waals surface area (Å²) >= 11 is 0. The molecule has 1 fully saturated rings. The number of hydrogen-bond donors (Lipinski definition) is 1. The van der Waals surface area contributed by atoms with Crippen LogP contribution in [0.25, 0.3) is 0 Å². The Balaban J connectivity index is 1.93. The fourth-order valence-electron chi connectivity index (χ4n) is 2.39. The average molecular weight is 262 g/mol. The van der Waals surface area contributed by atoms with Crippen LogP contribution in [0.3, 0.4) is 0 Å². The van der Waals surface area contributed by atoms with Gasteiger partial charge in [-0.15, -0.1) is 0 Å². The van der Waals surface area contributed by atoms with Gasteiger partial charge in [-0.2, -0.15) is 0 Å². The van der Waals surface area contributed by atoms with Crippen molar-refractivity contribution in [3.63, 3.8) is 0 Å². The second-order valence-electron chi connectivity index (χ2n) is 5.95. The van der Waals surface area contributed by atoms with E-state index in [1.54, 1.807) is 0 Å². The summed E-state index contributed by atoms with van der Waals surface area (Å²) in [4.78, 5) is 11.4. The first-order valence-electron chi connectivity index (χ1n) is 7.44. The van der Waals surface area contributed by atoms with Crippen LogP contribution in [0.15, 0.2) is 12.4 Å². The van der Waals surface area contributed by atoms with E-state index in [1.807, 2.05) is 12.4 Å². The Labute approximate surface area is 116 Å². The molecule has 0 radical (unpaired) electrons. The Morgan fingerprint density at radius 2 is 2.00 bits per heavy atom. The van der Waals surface area contributed by atoms with Gasteiger partial charge in [0, 0.05) is 43.6 Å². The lowest BCUT2D eigenvalue weighted by atomic mass is 10.0. The van der Waals surface area contributed by atoms with Crippen LogP contribution in [-0.2, 0) is 6.54 Å². The van der Waals surface area contributed by atoms with Gasteiger partial charge in [0.1, 0.15) is 0 Å². The van der Waals surface area contributed by atoms with Crippen molar-refractivity contribution in [1.29, 1.82) is 0 Å². The van der Waals surface area contributed by atoms with E-state index in [1.165, 1.54) is 19.3 Å². The highest BCUT2D eigenvalue weighted by Crippen LogP contribution is 2.19. The number of nitrogens with one attached hydrogen (secondary N) is 1. The molecule has 1 atom stereocenters. The molecule has 1 aromatic rings. The van der Waals surface area contributed by atoms with Gasteiger partial charge in [-0.3, -0.25) is 0 Å². The fraction of sp³-hybridized carbons (Fsp3) is 0.733. The van der Waals surface area contributed by atoms with Crippen molar-refractivity contribution in [2.45, 2.75) is 52.6 Å². The van der Waals surface area contributed by atoms with Crippen LogP contribution in [0.2, 0.25) is 0 Å². The SMILES string of the molecule is CC1CCCN(c2ncc(CNC(C)C)cn2)CC1. The topological polar surface area (TPSA) is 41.1 Å². The zero-order valence-electron chi connectivity index (χ0n) is 12.4. The quantitative estimate of drug-likeness (QED) is 0.905. The minimum absolute atomic E-state index is 0.492. The van der Waals surface area contributed by atoms with Gasteiger partial charge in [0.15, 0.2) is 0 Å². The van der Waals surface area contributed by atoms with Crippen molar-refractivity contribution in [2.24, 2.45) is 5.92 Å². The maximum atomic E-state index is 4.52. The minimum atomic E-state index is 0.492. The van der Waals surface area contributed by atoms with Crippen molar-refractivity contribution < 1.29 is 0 Å². The highest BCUT2D eigenvalue weighted by Gasteiger charge is 2.15. The number of nitrogens with zero attached hydrogens (tertiary/aromatic N) is 3. The molecule has 0 spiro atoms. The summed E-state index contributed by atoms with van der Waals surface area (Å²) in [6.45, 7) is 9.65. The van der Waals surface area contributed by atoms with Crippen molar-refractivity contribution in [3.8, 4) is 0 Å². The highest BCUT2D eigenvalue weighted by molar-refractivity contribution is 5.30. The molecule has 1 aromatic heterocycles. The van der Waals surface area contributed by atoms with E-state index in [0.29, 0.717) is 6.04 Å². The maximum absolute atomic E-state index is 4.52. The van der Waals surface area contributed by atoms with E-state index < -0.39 is 0 Å². The number of aromatic nitrogens is 2. The minimum Gasteiger partial charge on any atom is -0.341 e. The third-order valence-electron chi connectivity index (χ3n) is 3.71. The van der Waals surface area contributed by atoms with E-state index >= 15 is 0 Å². The molecular formula is C15H26N4. The Bertz CT molecular complexity index is 374.